The number of halogens is 1. The predicted molar refractivity (Wildman–Crippen MR) is 108 cm³/mol. The standard InChI is InChI=1S/C20H40NO.BrH/c1-5-9-16-21(17-10-6-2,18-11-7-3)19-14-12-13-15-20(22)8-4;/h4,20,22H,5-7,9-19H2,1-3H3;1H/q+1;. The summed E-state index contributed by atoms with van der Waals surface area (Å²) in [5, 5.41) is 9.43. The van der Waals surface area contributed by atoms with Crippen LogP contribution in [0.2, 0.25) is 0 Å². The van der Waals surface area contributed by atoms with Crippen molar-refractivity contribution in [3.8, 4) is 12.3 Å². The van der Waals surface area contributed by atoms with E-state index in [0.717, 1.165) is 12.8 Å². The lowest BCUT2D eigenvalue weighted by atomic mass is 10.1. The fourth-order valence-electron chi connectivity index (χ4n) is 3.20. The van der Waals surface area contributed by atoms with E-state index < -0.39 is 6.10 Å². The lowest BCUT2D eigenvalue weighted by molar-refractivity contribution is -0.929. The molecule has 0 aliphatic carbocycles. The Labute approximate surface area is 156 Å². The highest BCUT2D eigenvalue weighted by Crippen LogP contribution is 2.17. The highest BCUT2D eigenvalue weighted by atomic mass is 79.9. The van der Waals surface area contributed by atoms with Crippen LogP contribution in [0.15, 0.2) is 0 Å². The molecule has 0 amide bonds. The summed E-state index contributed by atoms with van der Waals surface area (Å²) >= 11 is 0. The largest absolute Gasteiger partial charge is 0.380 e. The molecule has 1 unspecified atom stereocenters. The van der Waals surface area contributed by atoms with Gasteiger partial charge in [0.25, 0.3) is 0 Å². The van der Waals surface area contributed by atoms with E-state index in [-0.39, 0.29) is 17.0 Å². The summed E-state index contributed by atoms with van der Waals surface area (Å²) < 4.78 is 1.33. The Morgan fingerprint density at radius 3 is 1.61 bits per heavy atom. The van der Waals surface area contributed by atoms with E-state index in [4.69, 9.17) is 6.42 Å². The molecule has 0 rings (SSSR count). The molecule has 138 valence electrons. The Bertz CT molecular complexity index is 266. The van der Waals surface area contributed by atoms with Crippen molar-refractivity contribution in [1.82, 2.24) is 0 Å². The zero-order valence-corrected chi connectivity index (χ0v) is 17.6. The van der Waals surface area contributed by atoms with Gasteiger partial charge in [0.1, 0.15) is 6.10 Å². The van der Waals surface area contributed by atoms with Crippen molar-refractivity contribution >= 4 is 17.0 Å². The number of terminal acetylenes is 1. The van der Waals surface area contributed by atoms with Crippen LogP contribution in [-0.4, -0.2) is 41.9 Å². The maximum atomic E-state index is 9.43. The van der Waals surface area contributed by atoms with Crippen molar-refractivity contribution in [2.75, 3.05) is 26.2 Å². The zero-order chi connectivity index (χ0) is 16.7. The minimum absolute atomic E-state index is 0. The number of quaternary nitrogens is 1. The number of aliphatic hydroxyl groups is 1. The molecule has 0 aromatic heterocycles. The summed E-state index contributed by atoms with van der Waals surface area (Å²) in [5.41, 5.74) is 0. The molecule has 0 fully saturated rings. The van der Waals surface area contributed by atoms with Gasteiger partial charge in [0, 0.05) is 0 Å². The van der Waals surface area contributed by atoms with E-state index in [1.807, 2.05) is 0 Å². The lowest BCUT2D eigenvalue weighted by Crippen LogP contribution is -2.50. The molecule has 0 heterocycles. The number of unbranched alkanes of at least 4 members (excludes halogenated alkanes) is 5. The first-order chi connectivity index (χ1) is 10.6. The Hall–Kier alpha value is -0.0400. The molecule has 0 aromatic carbocycles. The Kier molecular flexibility index (Phi) is 18.4. The van der Waals surface area contributed by atoms with Crippen molar-refractivity contribution < 1.29 is 9.59 Å². The molecule has 23 heavy (non-hydrogen) atoms. The van der Waals surface area contributed by atoms with Crippen molar-refractivity contribution in [3.63, 3.8) is 0 Å². The molecule has 0 bridgehead atoms. The smallest absolute Gasteiger partial charge is 0.114 e. The number of hydrogen-bond acceptors (Lipinski definition) is 1. The van der Waals surface area contributed by atoms with Crippen molar-refractivity contribution in [1.29, 1.82) is 0 Å². The van der Waals surface area contributed by atoms with Gasteiger partial charge in [-0.05, 0) is 44.9 Å². The van der Waals surface area contributed by atoms with E-state index >= 15 is 0 Å². The molecule has 0 aromatic rings. The summed E-state index contributed by atoms with van der Waals surface area (Å²) in [6, 6.07) is 0. The first-order valence-corrected chi connectivity index (χ1v) is 9.63. The van der Waals surface area contributed by atoms with E-state index in [2.05, 4.69) is 26.7 Å². The van der Waals surface area contributed by atoms with Gasteiger partial charge < -0.3 is 9.59 Å². The molecule has 0 aliphatic heterocycles. The van der Waals surface area contributed by atoms with Crippen LogP contribution in [-0.2, 0) is 0 Å². The Balaban J connectivity index is 0. The summed E-state index contributed by atoms with van der Waals surface area (Å²) in [6.07, 6.45) is 16.9. The fraction of sp³-hybridized carbons (Fsp3) is 0.900. The molecule has 0 radical (unpaired) electrons. The molecule has 1 N–H and O–H groups in total. The van der Waals surface area contributed by atoms with Crippen LogP contribution in [0, 0.1) is 12.3 Å². The SMILES string of the molecule is Br.C#CC(O)CCCCC[N+](CCCC)(CCCC)CCCC. The van der Waals surface area contributed by atoms with Gasteiger partial charge in [-0.2, -0.15) is 0 Å². The van der Waals surface area contributed by atoms with Gasteiger partial charge in [-0.15, -0.1) is 23.4 Å². The first-order valence-electron chi connectivity index (χ1n) is 9.63. The maximum Gasteiger partial charge on any atom is 0.114 e. The number of aliphatic hydroxyl groups excluding tert-OH is 1. The van der Waals surface area contributed by atoms with E-state index in [9.17, 15) is 5.11 Å². The van der Waals surface area contributed by atoms with E-state index in [1.165, 1.54) is 82.0 Å². The second-order valence-electron chi connectivity index (χ2n) is 6.83. The lowest BCUT2D eigenvalue weighted by Gasteiger charge is -2.39. The Morgan fingerprint density at radius 2 is 1.22 bits per heavy atom. The average molecular weight is 391 g/mol. The molecule has 1 atom stereocenters. The molecule has 2 nitrogen and oxygen atoms in total. The highest BCUT2D eigenvalue weighted by Gasteiger charge is 2.25. The molecule has 0 spiro atoms. The van der Waals surface area contributed by atoms with Crippen molar-refractivity contribution in [2.45, 2.75) is 91.1 Å². The number of rotatable bonds is 15. The second kappa shape index (κ2) is 16.8. The number of nitrogens with zero attached hydrogens (tertiary/aromatic N) is 1. The predicted octanol–water partition coefficient (Wildman–Crippen LogP) is 5.34. The summed E-state index contributed by atoms with van der Waals surface area (Å²) in [7, 11) is 0. The third-order valence-corrected chi connectivity index (χ3v) is 4.76. The normalized spacial score (nSPS) is 12.5. The summed E-state index contributed by atoms with van der Waals surface area (Å²) in [4.78, 5) is 0. The molecule has 3 heteroatoms. The van der Waals surface area contributed by atoms with E-state index in [0.29, 0.717) is 0 Å². The highest BCUT2D eigenvalue weighted by molar-refractivity contribution is 8.93. The number of hydrogen-bond donors (Lipinski definition) is 1. The first kappa shape index (κ1) is 25.2. The van der Waals surface area contributed by atoms with Crippen LogP contribution < -0.4 is 0 Å². The van der Waals surface area contributed by atoms with Crippen molar-refractivity contribution in [2.24, 2.45) is 0 Å². The van der Waals surface area contributed by atoms with Gasteiger partial charge >= 0.3 is 0 Å². The van der Waals surface area contributed by atoms with Gasteiger partial charge in [0.15, 0.2) is 0 Å². The minimum Gasteiger partial charge on any atom is -0.380 e. The van der Waals surface area contributed by atoms with Gasteiger partial charge in [0.05, 0.1) is 26.2 Å². The molecule has 0 saturated heterocycles. The zero-order valence-electron chi connectivity index (χ0n) is 15.9. The van der Waals surface area contributed by atoms with Crippen LogP contribution in [0.5, 0.6) is 0 Å². The van der Waals surface area contributed by atoms with Gasteiger partial charge in [-0.1, -0.05) is 46.0 Å². The fourth-order valence-corrected chi connectivity index (χ4v) is 3.20. The van der Waals surface area contributed by atoms with Crippen LogP contribution in [0.25, 0.3) is 0 Å². The van der Waals surface area contributed by atoms with Crippen LogP contribution >= 0.6 is 17.0 Å². The molecule has 0 saturated carbocycles. The quantitative estimate of drug-likeness (QED) is 0.227. The summed E-state index contributed by atoms with van der Waals surface area (Å²) in [6.45, 7) is 12.3. The third kappa shape index (κ3) is 13.0. The van der Waals surface area contributed by atoms with Crippen LogP contribution in [0.3, 0.4) is 0 Å². The third-order valence-electron chi connectivity index (χ3n) is 4.76. The second-order valence-corrected chi connectivity index (χ2v) is 6.83. The molecular weight excluding hydrogens is 350 g/mol. The van der Waals surface area contributed by atoms with Crippen molar-refractivity contribution in [3.05, 3.63) is 0 Å². The molecule has 0 aliphatic rings. The average Bonchev–Trinajstić information content (AvgIpc) is 2.55. The van der Waals surface area contributed by atoms with Gasteiger partial charge in [0.2, 0.25) is 0 Å². The monoisotopic (exact) mass is 390 g/mol. The topological polar surface area (TPSA) is 20.2 Å². The van der Waals surface area contributed by atoms with E-state index in [1.54, 1.807) is 0 Å². The van der Waals surface area contributed by atoms with Crippen LogP contribution in [0.1, 0.15) is 85.0 Å². The van der Waals surface area contributed by atoms with Gasteiger partial charge in [-0.3, -0.25) is 0 Å². The summed E-state index contributed by atoms with van der Waals surface area (Å²) in [5.74, 6) is 2.41. The maximum absolute atomic E-state index is 9.43. The van der Waals surface area contributed by atoms with Gasteiger partial charge in [-0.25, -0.2) is 0 Å². The Morgan fingerprint density at radius 1 is 0.783 bits per heavy atom. The van der Waals surface area contributed by atoms with Crippen LogP contribution in [0.4, 0.5) is 0 Å². The molecular formula is C20H41BrNO+. The minimum atomic E-state index is -0.542.